The number of benzene rings is 1. The minimum atomic E-state index is -2.43. The molecule has 0 N–H and O–H groups in total. The predicted octanol–water partition coefficient (Wildman–Crippen LogP) is 8.54. The SMILES string of the molecule is CCCCC[C@H]1CC[C@H]([C@H]2CC[C@H](C=Cc3ccc(OCC(F)F)cc3)CC2)CC1. The summed E-state index contributed by atoms with van der Waals surface area (Å²) >= 11 is 0. The van der Waals surface area contributed by atoms with Crippen LogP contribution in [0.1, 0.15) is 89.5 Å². The van der Waals surface area contributed by atoms with Gasteiger partial charge in [-0.2, -0.15) is 0 Å². The quantitative estimate of drug-likeness (QED) is 0.346. The van der Waals surface area contributed by atoms with Gasteiger partial charge in [0.15, 0.2) is 0 Å². The number of halogens is 2. The molecule has 0 bridgehead atoms. The lowest BCUT2D eigenvalue weighted by atomic mass is 9.68. The Morgan fingerprint density at radius 2 is 1.53 bits per heavy atom. The summed E-state index contributed by atoms with van der Waals surface area (Å²) in [5.74, 6) is 4.14. The lowest BCUT2D eigenvalue weighted by Gasteiger charge is -2.37. The molecule has 1 aromatic rings. The zero-order chi connectivity index (χ0) is 21.2. The molecule has 3 heteroatoms. The van der Waals surface area contributed by atoms with Crippen molar-refractivity contribution in [2.45, 2.75) is 90.4 Å². The molecule has 0 saturated heterocycles. The van der Waals surface area contributed by atoms with Crippen LogP contribution >= 0.6 is 0 Å². The van der Waals surface area contributed by atoms with E-state index in [1.165, 1.54) is 77.0 Å². The number of hydrogen-bond donors (Lipinski definition) is 0. The van der Waals surface area contributed by atoms with E-state index >= 15 is 0 Å². The van der Waals surface area contributed by atoms with Gasteiger partial charge in [-0.25, -0.2) is 8.78 Å². The average Bonchev–Trinajstić information content (AvgIpc) is 2.78. The first-order valence-corrected chi connectivity index (χ1v) is 12.3. The molecule has 1 nitrogen and oxygen atoms in total. The van der Waals surface area contributed by atoms with E-state index in [2.05, 4.69) is 19.1 Å². The number of ether oxygens (including phenoxy) is 1. The summed E-state index contributed by atoms with van der Waals surface area (Å²) < 4.78 is 29.5. The average molecular weight is 419 g/mol. The van der Waals surface area contributed by atoms with Crippen molar-refractivity contribution in [1.82, 2.24) is 0 Å². The first kappa shape index (κ1) is 23.3. The van der Waals surface area contributed by atoms with Gasteiger partial charge in [-0.3, -0.25) is 0 Å². The maximum absolute atomic E-state index is 12.2. The van der Waals surface area contributed by atoms with E-state index in [4.69, 9.17) is 4.74 Å². The molecule has 0 heterocycles. The van der Waals surface area contributed by atoms with Crippen LogP contribution < -0.4 is 4.74 Å². The molecular formula is C27H40F2O. The van der Waals surface area contributed by atoms with Crippen molar-refractivity contribution in [3.8, 4) is 5.75 Å². The number of hydrogen-bond acceptors (Lipinski definition) is 1. The Bertz CT molecular complexity index is 608. The van der Waals surface area contributed by atoms with Crippen molar-refractivity contribution in [2.24, 2.45) is 23.7 Å². The molecule has 1 aromatic carbocycles. The van der Waals surface area contributed by atoms with Crippen LogP contribution in [-0.4, -0.2) is 13.0 Å². The predicted molar refractivity (Wildman–Crippen MR) is 122 cm³/mol. The third kappa shape index (κ3) is 7.71. The molecule has 0 radical (unpaired) electrons. The van der Waals surface area contributed by atoms with Crippen molar-refractivity contribution < 1.29 is 13.5 Å². The van der Waals surface area contributed by atoms with Gasteiger partial charge >= 0.3 is 0 Å². The normalized spacial score (nSPS) is 27.6. The standard InChI is InChI=1S/C27H40F2O/c1-2-3-4-5-21-8-14-24(15-9-21)25-16-10-22(11-17-25)6-7-23-12-18-26(19-13-23)30-20-27(28)29/h6-7,12-13,18-19,21-22,24-25,27H,2-5,8-11,14-17,20H2,1H3/t21-,22-,24-,25-. The van der Waals surface area contributed by atoms with E-state index in [-0.39, 0.29) is 0 Å². The zero-order valence-corrected chi connectivity index (χ0v) is 18.7. The Kier molecular flexibility index (Phi) is 9.68. The second-order valence-electron chi connectivity index (χ2n) is 9.58. The monoisotopic (exact) mass is 418 g/mol. The molecule has 2 saturated carbocycles. The molecule has 168 valence electrons. The first-order chi connectivity index (χ1) is 14.6. The Hall–Kier alpha value is -1.38. The van der Waals surface area contributed by atoms with Crippen molar-refractivity contribution in [3.05, 3.63) is 35.9 Å². The fourth-order valence-corrected chi connectivity index (χ4v) is 5.52. The van der Waals surface area contributed by atoms with Crippen LogP contribution in [0.15, 0.2) is 30.3 Å². The minimum absolute atomic E-state index is 0.507. The second-order valence-corrected chi connectivity index (χ2v) is 9.58. The van der Waals surface area contributed by atoms with Crippen LogP contribution in [0.5, 0.6) is 5.75 Å². The van der Waals surface area contributed by atoms with Gasteiger partial charge in [-0.05, 0) is 79.9 Å². The first-order valence-electron chi connectivity index (χ1n) is 12.3. The van der Waals surface area contributed by atoms with Gasteiger partial charge in [0.05, 0.1) is 0 Å². The Morgan fingerprint density at radius 1 is 0.900 bits per heavy atom. The van der Waals surface area contributed by atoms with E-state index in [0.29, 0.717) is 11.7 Å². The lowest BCUT2D eigenvalue weighted by Crippen LogP contribution is -2.25. The Labute approximate surface area is 182 Å². The Balaban J connectivity index is 1.35. The summed E-state index contributed by atoms with van der Waals surface area (Å²) in [7, 11) is 0. The highest BCUT2D eigenvalue weighted by molar-refractivity contribution is 5.50. The van der Waals surface area contributed by atoms with Gasteiger partial charge in [0.1, 0.15) is 12.4 Å². The topological polar surface area (TPSA) is 9.23 Å². The van der Waals surface area contributed by atoms with Crippen LogP contribution in [0.4, 0.5) is 8.78 Å². The van der Waals surface area contributed by atoms with Gasteiger partial charge in [-0.15, -0.1) is 0 Å². The Morgan fingerprint density at radius 3 is 2.13 bits per heavy atom. The van der Waals surface area contributed by atoms with E-state index < -0.39 is 13.0 Å². The van der Waals surface area contributed by atoms with Gasteiger partial charge in [-0.1, -0.05) is 69.7 Å². The van der Waals surface area contributed by atoms with Crippen molar-refractivity contribution in [2.75, 3.05) is 6.61 Å². The second kappa shape index (κ2) is 12.5. The molecule has 3 rings (SSSR count). The van der Waals surface area contributed by atoms with Crippen LogP contribution in [0.3, 0.4) is 0 Å². The fourth-order valence-electron chi connectivity index (χ4n) is 5.52. The van der Waals surface area contributed by atoms with E-state index in [1.807, 2.05) is 12.1 Å². The van der Waals surface area contributed by atoms with Gasteiger partial charge in [0.25, 0.3) is 6.43 Å². The molecule has 2 aliphatic rings. The van der Waals surface area contributed by atoms with E-state index in [1.54, 1.807) is 12.1 Å². The molecule has 0 atom stereocenters. The maximum atomic E-state index is 12.2. The van der Waals surface area contributed by atoms with Crippen molar-refractivity contribution >= 4 is 6.08 Å². The van der Waals surface area contributed by atoms with Gasteiger partial charge < -0.3 is 4.74 Å². The van der Waals surface area contributed by atoms with E-state index in [9.17, 15) is 8.78 Å². The zero-order valence-electron chi connectivity index (χ0n) is 18.7. The number of allylic oxidation sites excluding steroid dienone is 1. The van der Waals surface area contributed by atoms with Crippen LogP contribution in [-0.2, 0) is 0 Å². The molecule has 0 unspecified atom stereocenters. The van der Waals surface area contributed by atoms with Crippen molar-refractivity contribution in [3.63, 3.8) is 0 Å². The largest absolute Gasteiger partial charge is 0.488 e. The third-order valence-electron chi connectivity index (χ3n) is 7.41. The lowest BCUT2D eigenvalue weighted by molar-refractivity contribution is 0.0819. The van der Waals surface area contributed by atoms with Crippen LogP contribution in [0, 0.1) is 23.7 Å². The van der Waals surface area contributed by atoms with Gasteiger partial charge in [0.2, 0.25) is 0 Å². The molecule has 2 aliphatic carbocycles. The fraction of sp³-hybridized carbons (Fsp3) is 0.704. The third-order valence-corrected chi connectivity index (χ3v) is 7.41. The molecule has 0 aliphatic heterocycles. The number of alkyl halides is 2. The van der Waals surface area contributed by atoms with E-state index in [0.717, 1.165) is 23.3 Å². The maximum Gasteiger partial charge on any atom is 0.272 e. The highest BCUT2D eigenvalue weighted by Gasteiger charge is 2.30. The van der Waals surface area contributed by atoms with Crippen LogP contribution in [0.25, 0.3) is 6.08 Å². The molecule has 2 fully saturated rings. The summed E-state index contributed by atoms with van der Waals surface area (Å²) in [4.78, 5) is 0. The highest BCUT2D eigenvalue weighted by atomic mass is 19.3. The minimum Gasteiger partial charge on any atom is -0.488 e. The van der Waals surface area contributed by atoms with Crippen LogP contribution in [0.2, 0.25) is 0 Å². The molecular weight excluding hydrogens is 378 g/mol. The molecule has 0 aromatic heterocycles. The summed E-state index contributed by atoms with van der Waals surface area (Å²) in [5, 5.41) is 0. The molecule has 0 amide bonds. The number of unbranched alkanes of at least 4 members (excludes halogenated alkanes) is 2. The summed E-state index contributed by atoms with van der Waals surface area (Å²) in [6.45, 7) is 1.76. The van der Waals surface area contributed by atoms with Gasteiger partial charge in [0, 0.05) is 0 Å². The summed E-state index contributed by atoms with van der Waals surface area (Å²) in [6, 6.07) is 7.44. The molecule has 30 heavy (non-hydrogen) atoms. The smallest absolute Gasteiger partial charge is 0.272 e. The summed E-state index contributed by atoms with van der Waals surface area (Å²) in [6.07, 6.45) is 19.1. The number of rotatable bonds is 10. The van der Waals surface area contributed by atoms with Crippen molar-refractivity contribution in [1.29, 1.82) is 0 Å². The summed E-state index contributed by atoms with van der Waals surface area (Å²) in [5.41, 5.74) is 1.11. The highest BCUT2D eigenvalue weighted by Crippen LogP contribution is 2.42. The molecule has 0 spiro atoms.